The SMILES string of the molecule is [CH2]CCCC(C)C.[Hf]. The van der Waals surface area contributed by atoms with Crippen LogP contribution in [0.5, 0.6) is 0 Å². The monoisotopic (exact) mass is 279 g/mol. The predicted octanol–water partition coefficient (Wildman–Crippen LogP) is 2.64. The van der Waals surface area contributed by atoms with E-state index >= 15 is 0 Å². The van der Waals surface area contributed by atoms with Gasteiger partial charge in [-0.1, -0.05) is 40.0 Å². The first-order valence-corrected chi connectivity index (χ1v) is 3.06. The normalized spacial score (nSPS) is 9.00. The maximum absolute atomic E-state index is 3.76. The zero-order valence-electron chi connectivity index (χ0n) is 5.91. The minimum absolute atomic E-state index is 0. The Hall–Kier alpha value is 0.870. The van der Waals surface area contributed by atoms with Gasteiger partial charge in [0.15, 0.2) is 0 Å². The molecule has 1 radical (unpaired) electrons. The Morgan fingerprint density at radius 1 is 1.38 bits per heavy atom. The quantitative estimate of drug-likeness (QED) is 0.696. The second-order valence-electron chi connectivity index (χ2n) is 2.39. The second kappa shape index (κ2) is 7.87. The minimum Gasteiger partial charge on any atom is -0.0628 e. The van der Waals surface area contributed by atoms with Crippen LogP contribution in [0.4, 0.5) is 0 Å². The molecule has 0 aromatic carbocycles. The van der Waals surface area contributed by atoms with Gasteiger partial charge >= 0.3 is 0 Å². The molecule has 0 heterocycles. The maximum atomic E-state index is 3.76. The molecule has 0 atom stereocenters. The Bertz CT molecular complexity index is 33.4. The molecule has 0 nitrogen and oxygen atoms in total. The van der Waals surface area contributed by atoms with E-state index in [1.807, 2.05) is 0 Å². The molecule has 0 aliphatic rings. The van der Waals surface area contributed by atoms with Gasteiger partial charge in [-0.25, -0.2) is 0 Å². The summed E-state index contributed by atoms with van der Waals surface area (Å²) in [7, 11) is 0. The molecular formula is C7H15Hf. The Labute approximate surface area is 71.8 Å². The van der Waals surface area contributed by atoms with Gasteiger partial charge in [-0.3, -0.25) is 0 Å². The third-order valence-corrected chi connectivity index (χ3v) is 1.03. The third kappa shape index (κ3) is 9.98. The van der Waals surface area contributed by atoms with Crippen LogP contribution < -0.4 is 0 Å². The summed E-state index contributed by atoms with van der Waals surface area (Å²) in [5.41, 5.74) is 0. The fourth-order valence-electron chi connectivity index (χ4n) is 0.553. The van der Waals surface area contributed by atoms with Gasteiger partial charge in [0.1, 0.15) is 0 Å². The largest absolute Gasteiger partial charge is 0.0628 e. The molecule has 0 fully saturated rings. The summed E-state index contributed by atoms with van der Waals surface area (Å²) in [5.74, 6) is 0.863. The molecule has 0 unspecified atom stereocenters. The van der Waals surface area contributed by atoms with Crippen LogP contribution in [0.3, 0.4) is 0 Å². The Morgan fingerprint density at radius 3 is 2.00 bits per heavy atom. The van der Waals surface area contributed by atoms with Crippen LogP contribution in [-0.4, -0.2) is 0 Å². The van der Waals surface area contributed by atoms with Crippen molar-refractivity contribution >= 4 is 0 Å². The fraction of sp³-hybridized carbons (Fsp3) is 0.857. The van der Waals surface area contributed by atoms with Crippen LogP contribution in [0.25, 0.3) is 0 Å². The second-order valence-corrected chi connectivity index (χ2v) is 2.39. The van der Waals surface area contributed by atoms with E-state index in [1.54, 1.807) is 0 Å². The first kappa shape index (κ1) is 11.6. The number of unbranched alkanes of at least 4 members (excludes halogenated alkanes) is 1. The molecule has 1 heteroatoms. The standard InChI is InChI=1S/C7H15.Hf/c1-4-5-6-7(2)3;/h7H,1,4-6H2,2-3H3;. The molecule has 0 aromatic rings. The van der Waals surface area contributed by atoms with Crippen molar-refractivity contribution in [3.8, 4) is 0 Å². The van der Waals surface area contributed by atoms with Gasteiger partial charge < -0.3 is 0 Å². The van der Waals surface area contributed by atoms with E-state index in [2.05, 4.69) is 20.8 Å². The van der Waals surface area contributed by atoms with Crippen molar-refractivity contribution in [3.05, 3.63) is 6.92 Å². The molecule has 8 heavy (non-hydrogen) atoms. The van der Waals surface area contributed by atoms with Crippen molar-refractivity contribution in [3.63, 3.8) is 0 Å². The minimum atomic E-state index is 0. The Balaban J connectivity index is 0. The van der Waals surface area contributed by atoms with Crippen molar-refractivity contribution in [1.29, 1.82) is 0 Å². The molecule has 47 valence electrons. The van der Waals surface area contributed by atoms with Gasteiger partial charge in [0.05, 0.1) is 0 Å². The third-order valence-electron chi connectivity index (χ3n) is 1.03. The first-order valence-electron chi connectivity index (χ1n) is 3.06. The van der Waals surface area contributed by atoms with Gasteiger partial charge in [-0.05, 0) is 5.92 Å². The summed E-state index contributed by atoms with van der Waals surface area (Å²) in [5, 5.41) is 0. The average Bonchev–Trinajstić information content (AvgIpc) is 1.61. The van der Waals surface area contributed by atoms with Gasteiger partial charge in [-0.15, -0.1) is 0 Å². The summed E-state index contributed by atoms with van der Waals surface area (Å²) in [6.45, 7) is 8.25. The van der Waals surface area contributed by atoms with E-state index in [0.717, 1.165) is 12.3 Å². The van der Waals surface area contributed by atoms with Crippen LogP contribution in [0, 0.1) is 12.8 Å². The van der Waals surface area contributed by atoms with E-state index in [-0.39, 0.29) is 25.8 Å². The molecule has 0 saturated carbocycles. The average molecular weight is 278 g/mol. The van der Waals surface area contributed by atoms with Crippen LogP contribution in [0.2, 0.25) is 0 Å². The smallest absolute Gasteiger partial charge is 0 e. The van der Waals surface area contributed by atoms with Gasteiger partial charge in [0.25, 0.3) is 0 Å². The zero-order valence-corrected chi connectivity index (χ0v) is 9.50. The summed E-state index contributed by atoms with van der Waals surface area (Å²) >= 11 is 0. The molecule has 0 N–H and O–H groups in total. The van der Waals surface area contributed by atoms with E-state index in [4.69, 9.17) is 0 Å². The topological polar surface area (TPSA) is 0 Å². The van der Waals surface area contributed by atoms with E-state index < -0.39 is 0 Å². The van der Waals surface area contributed by atoms with Gasteiger partial charge in [0, 0.05) is 25.8 Å². The molecule has 0 spiro atoms. The summed E-state index contributed by atoms with van der Waals surface area (Å²) in [6.07, 6.45) is 3.72. The summed E-state index contributed by atoms with van der Waals surface area (Å²) < 4.78 is 0. The molecule has 0 aliphatic heterocycles. The molecule has 0 rings (SSSR count). The maximum Gasteiger partial charge on any atom is 0 e. The number of hydrogen-bond donors (Lipinski definition) is 0. The molecule has 0 bridgehead atoms. The van der Waals surface area contributed by atoms with Crippen LogP contribution in [0.1, 0.15) is 33.1 Å². The van der Waals surface area contributed by atoms with Crippen molar-refractivity contribution in [2.45, 2.75) is 33.1 Å². The number of hydrogen-bond acceptors (Lipinski definition) is 0. The van der Waals surface area contributed by atoms with Gasteiger partial charge in [-0.2, -0.15) is 0 Å². The van der Waals surface area contributed by atoms with E-state index in [9.17, 15) is 0 Å². The molecular weight excluding hydrogens is 263 g/mol. The van der Waals surface area contributed by atoms with Crippen molar-refractivity contribution in [2.24, 2.45) is 5.92 Å². The fourth-order valence-corrected chi connectivity index (χ4v) is 0.553. The molecule has 0 aromatic heterocycles. The predicted molar refractivity (Wildman–Crippen MR) is 34.0 cm³/mol. The van der Waals surface area contributed by atoms with E-state index in [0.29, 0.717) is 0 Å². The first-order chi connectivity index (χ1) is 3.27. The van der Waals surface area contributed by atoms with E-state index in [1.165, 1.54) is 12.8 Å². The summed E-state index contributed by atoms with van der Waals surface area (Å²) in [6, 6.07) is 0. The Morgan fingerprint density at radius 2 is 1.88 bits per heavy atom. The Kier molecular flexibility index (Phi) is 11.5. The summed E-state index contributed by atoms with van der Waals surface area (Å²) in [4.78, 5) is 0. The molecule has 0 amide bonds. The van der Waals surface area contributed by atoms with Crippen molar-refractivity contribution in [1.82, 2.24) is 0 Å². The van der Waals surface area contributed by atoms with Crippen molar-refractivity contribution < 1.29 is 25.8 Å². The van der Waals surface area contributed by atoms with Crippen molar-refractivity contribution in [2.75, 3.05) is 0 Å². The molecule has 0 aliphatic carbocycles. The zero-order chi connectivity index (χ0) is 5.70. The van der Waals surface area contributed by atoms with Crippen LogP contribution in [0.15, 0.2) is 0 Å². The van der Waals surface area contributed by atoms with Crippen LogP contribution >= 0.6 is 0 Å². The molecule has 0 saturated heterocycles. The van der Waals surface area contributed by atoms with Gasteiger partial charge in [0.2, 0.25) is 0 Å². The number of rotatable bonds is 3. The van der Waals surface area contributed by atoms with Crippen LogP contribution in [-0.2, 0) is 25.8 Å².